The Morgan fingerprint density at radius 3 is 2.35 bits per heavy atom. The first-order chi connectivity index (χ1) is 11.0. The normalized spacial score (nSPS) is 11.6. The van der Waals surface area contributed by atoms with Gasteiger partial charge in [-0.25, -0.2) is 0 Å². The molecule has 0 heterocycles. The molecule has 6 heteroatoms. The van der Waals surface area contributed by atoms with E-state index in [0.29, 0.717) is 27.7 Å². The number of carbonyl (C=O) groups is 1. The highest BCUT2D eigenvalue weighted by atomic mass is 35.5. The van der Waals surface area contributed by atoms with Crippen molar-refractivity contribution >= 4 is 34.8 Å². The van der Waals surface area contributed by atoms with Crippen LogP contribution in [0.15, 0.2) is 42.5 Å². The SMILES string of the molecule is N#CCc1ccc(NC(=O)CC(O)c2cc(Cl)cc(Cl)c2)cc1. The van der Waals surface area contributed by atoms with E-state index in [2.05, 4.69) is 11.4 Å². The molecule has 4 nitrogen and oxygen atoms in total. The van der Waals surface area contributed by atoms with Crippen LogP contribution in [0.25, 0.3) is 0 Å². The zero-order valence-electron chi connectivity index (χ0n) is 12.1. The molecule has 118 valence electrons. The fourth-order valence-electron chi connectivity index (χ4n) is 2.07. The number of hydrogen-bond donors (Lipinski definition) is 2. The van der Waals surface area contributed by atoms with Crippen LogP contribution in [0.2, 0.25) is 10.0 Å². The van der Waals surface area contributed by atoms with Gasteiger partial charge in [-0.2, -0.15) is 5.26 Å². The Hall–Kier alpha value is -2.06. The van der Waals surface area contributed by atoms with Crippen LogP contribution in [0, 0.1) is 11.3 Å². The standard InChI is InChI=1S/C17H14Cl2N2O2/c18-13-7-12(8-14(19)9-13)16(22)10-17(23)21-15-3-1-11(2-4-15)5-6-20/h1-4,7-9,16,22H,5,10H2,(H,21,23). The van der Waals surface area contributed by atoms with E-state index >= 15 is 0 Å². The van der Waals surface area contributed by atoms with Crippen molar-refractivity contribution in [3.63, 3.8) is 0 Å². The number of amides is 1. The van der Waals surface area contributed by atoms with E-state index < -0.39 is 6.10 Å². The molecule has 23 heavy (non-hydrogen) atoms. The monoisotopic (exact) mass is 348 g/mol. The van der Waals surface area contributed by atoms with E-state index in [1.165, 1.54) is 0 Å². The number of nitrogens with zero attached hydrogens (tertiary/aromatic N) is 1. The Bertz CT molecular complexity index is 719. The molecule has 1 unspecified atom stereocenters. The minimum absolute atomic E-state index is 0.114. The Kier molecular flexibility index (Phi) is 6.00. The van der Waals surface area contributed by atoms with E-state index in [0.717, 1.165) is 5.56 Å². The van der Waals surface area contributed by atoms with Gasteiger partial charge < -0.3 is 10.4 Å². The molecule has 0 radical (unpaired) electrons. The highest BCUT2D eigenvalue weighted by Crippen LogP contribution is 2.25. The molecular weight excluding hydrogens is 335 g/mol. The summed E-state index contributed by atoms with van der Waals surface area (Å²) >= 11 is 11.8. The van der Waals surface area contributed by atoms with E-state index in [9.17, 15) is 9.90 Å². The smallest absolute Gasteiger partial charge is 0.227 e. The maximum absolute atomic E-state index is 12.0. The first-order valence-corrected chi connectivity index (χ1v) is 7.63. The summed E-state index contributed by atoms with van der Waals surface area (Å²) in [5.74, 6) is -0.332. The third-order valence-electron chi connectivity index (χ3n) is 3.17. The number of halogens is 2. The van der Waals surface area contributed by atoms with Crippen LogP contribution < -0.4 is 5.32 Å². The predicted octanol–water partition coefficient (Wildman–Crippen LogP) is 4.12. The van der Waals surface area contributed by atoms with Gasteiger partial charge in [0.1, 0.15) is 0 Å². The number of aliphatic hydroxyl groups excluding tert-OH is 1. The molecule has 0 aliphatic heterocycles. The van der Waals surface area contributed by atoms with Gasteiger partial charge >= 0.3 is 0 Å². The fraction of sp³-hybridized carbons (Fsp3) is 0.176. The lowest BCUT2D eigenvalue weighted by Gasteiger charge is -2.12. The molecule has 0 aliphatic carbocycles. The summed E-state index contributed by atoms with van der Waals surface area (Å²) in [7, 11) is 0. The number of carbonyl (C=O) groups excluding carboxylic acids is 1. The van der Waals surface area contributed by atoms with Crippen LogP contribution in [0.1, 0.15) is 23.7 Å². The fourth-order valence-corrected chi connectivity index (χ4v) is 2.61. The second-order valence-corrected chi connectivity index (χ2v) is 5.88. The maximum Gasteiger partial charge on any atom is 0.227 e. The molecule has 2 rings (SSSR count). The molecule has 1 atom stereocenters. The van der Waals surface area contributed by atoms with Crippen molar-refractivity contribution in [2.45, 2.75) is 18.9 Å². The minimum atomic E-state index is -0.996. The number of anilines is 1. The lowest BCUT2D eigenvalue weighted by atomic mass is 10.1. The van der Waals surface area contributed by atoms with Crippen molar-refractivity contribution in [1.29, 1.82) is 5.26 Å². The maximum atomic E-state index is 12.0. The second-order valence-electron chi connectivity index (χ2n) is 5.00. The van der Waals surface area contributed by atoms with Crippen LogP contribution >= 0.6 is 23.2 Å². The van der Waals surface area contributed by atoms with E-state index in [1.54, 1.807) is 42.5 Å². The average molecular weight is 349 g/mol. The highest BCUT2D eigenvalue weighted by Gasteiger charge is 2.14. The molecule has 2 aromatic carbocycles. The summed E-state index contributed by atoms with van der Waals surface area (Å²) < 4.78 is 0. The minimum Gasteiger partial charge on any atom is -0.388 e. The lowest BCUT2D eigenvalue weighted by Crippen LogP contribution is -2.15. The van der Waals surface area contributed by atoms with Gasteiger partial charge in [0.05, 0.1) is 25.0 Å². The molecule has 2 aromatic rings. The number of nitrogens with one attached hydrogen (secondary N) is 1. The van der Waals surface area contributed by atoms with Crippen LogP contribution in [-0.2, 0) is 11.2 Å². The largest absolute Gasteiger partial charge is 0.388 e. The molecule has 0 saturated heterocycles. The summed E-state index contributed by atoms with van der Waals surface area (Å²) in [4.78, 5) is 12.0. The summed E-state index contributed by atoms with van der Waals surface area (Å²) in [6, 6.07) is 13.7. The van der Waals surface area contributed by atoms with Gasteiger partial charge in [-0.05, 0) is 41.5 Å². The highest BCUT2D eigenvalue weighted by molar-refractivity contribution is 6.34. The number of nitriles is 1. The van der Waals surface area contributed by atoms with Crippen LogP contribution in [0.4, 0.5) is 5.69 Å². The molecule has 2 N–H and O–H groups in total. The van der Waals surface area contributed by atoms with Gasteiger partial charge in [0, 0.05) is 15.7 Å². The number of aliphatic hydroxyl groups is 1. The number of hydrogen-bond acceptors (Lipinski definition) is 3. The van der Waals surface area contributed by atoms with Crippen molar-refractivity contribution < 1.29 is 9.90 Å². The Labute approximate surface area is 144 Å². The van der Waals surface area contributed by atoms with Gasteiger partial charge in [-0.15, -0.1) is 0 Å². The number of benzene rings is 2. The molecule has 1 amide bonds. The summed E-state index contributed by atoms with van der Waals surface area (Å²) in [5.41, 5.74) is 1.97. The second kappa shape index (κ2) is 7.98. The first kappa shape index (κ1) is 17.3. The third kappa shape index (κ3) is 5.26. The lowest BCUT2D eigenvalue weighted by molar-refractivity contribution is -0.118. The van der Waals surface area contributed by atoms with E-state index in [-0.39, 0.29) is 12.3 Å². The average Bonchev–Trinajstić information content (AvgIpc) is 2.48. The molecule has 0 saturated carbocycles. The van der Waals surface area contributed by atoms with E-state index in [4.69, 9.17) is 28.5 Å². The summed E-state index contributed by atoms with van der Waals surface area (Å²) in [5, 5.41) is 22.2. The first-order valence-electron chi connectivity index (χ1n) is 6.87. The van der Waals surface area contributed by atoms with Gasteiger partial charge in [-0.3, -0.25) is 4.79 Å². The molecule has 0 fully saturated rings. The summed E-state index contributed by atoms with van der Waals surface area (Å²) in [6.07, 6.45) is -0.789. The molecule has 0 spiro atoms. The van der Waals surface area contributed by atoms with Crippen LogP contribution in [0.3, 0.4) is 0 Å². The Balaban J connectivity index is 1.97. The quantitative estimate of drug-likeness (QED) is 0.853. The summed E-state index contributed by atoms with van der Waals surface area (Å²) in [6.45, 7) is 0. The van der Waals surface area contributed by atoms with Crippen molar-refractivity contribution in [1.82, 2.24) is 0 Å². The molecule has 0 bridgehead atoms. The Morgan fingerprint density at radius 2 is 1.78 bits per heavy atom. The topological polar surface area (TPSA) is 73.1 Å². The van der Waals surface area contributed by atoms with Crippen molar-refractivity contribution in [2.75, 3.05) is 5.32 Å². The van der Waals surface area contributed by atoms with Crippen molar-refractivity contribution in [3.05, 3.63) is 63.6 Å². The van der Waals surface area contributed by atoms with Gasteiger partial charge in [0.2, 0.25) is 5.91 Å². The predicted molar refractivity (Wildman–Crippen MR) is 90.4 cm³/mol. The third-order valence-corrected chi connectivity index (χ3v) is 3.61. The molecule has 0 aromatic heterocycles. The molecule has 0 aliphatic rings. The van der Waals surface area contributed by atoms with Gasteiger partial charge in [0.25, 0.3) is 0 Å². The Morgan fingerprint density at radius 1 is 1.17 bits per heavy atom. The number of rotatable bonds is 5. The van der Waals surface area contributed by atoms with Crippen LogP contribution in [-0.4, -0.2) is 11.0 Å². The zero-order chi connectivity index (χ0) is 16.8. The van der Waals surface area contributed by atoms with Crippen molar-refractivity contribution in [2.24, 2.45) is 0 Å². The molecular formula is C17H14Cl2N2O2. The van der Waals surface area contributed by atoms with Gasteiger partial charge in [0.15, 0.2) is 0 Å². The van der Waals surface area contributed by atoms with Crippen molar-refractivity contribution in [3.8, 4) is 6.07 Å². The van der Waals surface area contributed by atoms with Crippen LogP contribution in [0.5, 0.6) is 0 Å². The van der Waals surface area contributed by atoms with E-state index in [1.807, 2.05) is 0 Å². The zero-order valence-corrected chi connectivity index (χ0v) is 13.6. The van der Waals surface area contributed by atoms with Gasteiger partial charge in [-0.1, -0.05) is 35.3 Å².